The van der Waals surface area contributed by atoms with E-state index in [0.717, 1.165) is 25.1 Å². The average Bonchev–Trinajstić information content (AvgIpc) is 2.84. The number of nitrogens with zero attached hydrogens (tertiary/aromatic N) is 3. The maximum absolute atomic E-state index is 12.3. The van der Waals surface area contributed by atoms with E-state index in [0.29, 0.717) is 23.0 Å². The number of thioether (sulfide) groups is 1. The van der Waals surface area contributed by atoms with Crippen LogP contribution in [0.25, 0.3) is 0 Å². The molecule has 1 aliphatic heterocycles. The number of rotatable bonds is 4. The van der Waals surface area contributed by atoms with Gasteiger partial charge in [0.2, 0.25) is 11.1 Å². The number of aryl methyl sites for hydroxylation is 1. The summed E-state index contributed by atoms with van der Waals surface area (Å²) in [5.41, 5.74) is 0. The molecule has 2 unspecified atom stereocenters. The molecule has 1 fully saturated rings. The van der Waals surface area contributed by atoms with E-state index < -0.39 is 0 Å². The highest BCUT2D eigenvalue weighted by molar-refractivity contribution is 7.99. The summed E-state index contributed by atoms with van der Waals surface area (Å²) in [5, 5.41) is 7.64. The molecule has 6 heteroatoms. The van der Waals surface area contributed by atoms with Crippen molar-refractivity contribution in [3.63, 3.8) is 0 Å². The summed E-state index contributed by atoms with van der Waals surface area (Å²) < 4.78 is 0. The zero-order chi connectivity index (χ0) is 13.8. The van der Waals surface area contributed by atoms with Gasteiger partial charge in [0, 0.05) is 18.5 Å². The first-order valence-electron chi connectivity index (χ1n) is 6.97. The lowest BCUT2D eigenvalue weighted by Crippen LogP contribution is -2.48. The normalized spacial score (nSPS) is 23.6. The van der Waals surface area contributed by atoms with Crippen molar-refractivity contribution in [3.8, 4) is 0 Å². The van der Waals surface area contributed by atoms with Gasteiger partial charge in [-0.15, -0.1) is 5.10 Å². The summed E-state index contributed by atoms with van der Waals surface area (Å²) >= 11 is 1.42. The van der Waals surface area contributed by atoms with Crippen molar-refractivity contribution in [2.45, 2.75) is 63.7 Å². The largest absolute Gasteiger partial charge is 0.337 e. The van der Waals surface area contributed by atoms with E-state index in [-0.39, 0.29) is 5.91 Å². The number of nitrogens with one attached hydrogen (secondary N) is 1. The number of H-pyrrole nitrogens is 1. The highest BCUT2D eigenvalue weighted by Gasteiger charge is 2.28. The van der Waals surface area contributed by atoms with Crippen molar-refractivity contribution < 1.29 is 4.79 Å². The Balaban J connectivity index is 1.89. The standard InChI is InChI=1S/C13H22N4OS/c1-4-11-14-13(16-15-11)19-8-12(18)17-9(2)6-5-7-10(17)3/h9-10H,4-8H2,1-3H3,(H,14,15,16). The molecule has 1 saturated heterocycles. The SMILES string of the molecule is CCc1nc(SCC(=O)N2C(C)CCCC2C)n[nH]1. The first kappa shape index (κ1) is 14.4. The third-order valence-electron chi connectivity index (χ3n) is 3.65. The fraction of sp³-hybridized carbons (Fsp3) is 0.769. The van der Waals surface area contributed by atoms with E-state index in [9.17, 15) is 4.79 Å². The first-order chi connectivity index (χ1) is 9.11. The second-order valence-electron chi connectivity index (χ2n) is 5.14. The van der Waals surface area contributed by atoms with E-state index in [1.807, 2.05) is 11.8 Å². The van der Waals surface area contributed by atoms with E-state index >= 15 is 0 Å². The van der Waals surface area contributed by atoms with Crippen LogP contribution in [0.1, 0.15) is 45.9 Å². The van der Waals surface area contributed by atoms with E-state index in [1.54, 1.807) is 0 Å². The lowest BCUT2D eigenvalue weighted by atomic mass is 9.98. The van der Waals surface area contributed by atoms with Crippen molar-refractivity contribution >= 4 is 17.7 Å². The molecule has 0 spiro atoms. The van der Waals surface area contributed by atoms with Gasteiger partial charge in [0.25, 0.3) is 0 Å². The highest BCUT2D eigenvalue weighted by Crippen LogP contribution is 2.24. The molecule has 0 aromatic carbocycles. The summed E-state index contributed by atoms with van der Waals surface area (Å²) in [6, 6.07) is 0.713. The van der Waals surface area contributed by atoms with Crippen LogP contribution in [-0.2, 0) is 11.2 Å². The van der Waals surface area contributed by atoms with Gasteiger partial charge in [0.05, 0.1) is 5.75 Å². The minimum absolute atomic E-state index is 0.201. The fourth-order valence-electron chi connectivity index (χ4n) is 2.61. The molecule has 0 saturated carbocycles. The number of hydrogen-bond acceptors (Lipinski definition) is 4. The summed E-state index contributed by atoms with van der Waals surface area (Å²) in [5.74, 6) is 1.50. The molecule has 1 amide bonds. The molecule has 1 N–H and O–H groups in total. The molecule has 2 rings (SSSR count). The number of amides is 1. The smallest absolute Gasteiger partial charge is 0.233 e. The second-order valence-corrected chi connectivity index (χ2v) is 6.08. The molecule has 1 aromatic heterocycles. The maximum Gasteiger partial charge on any atom is 0.233 e. The number of carbonyl (C=O) groups is 1. The third-order valence-corrected chi connectivity index (χ3v) is 4.48. The maximum atomic E-state index is 12.3. The molecule has 0 aliphatic carbocycles. The van der Waals surface area contributed by atoms with Gasteiger partial charge < -0.3 is 4.90 Å². The lowest BCUT2D eigenvalue weighted by Gasteiger charge is -2.39. The summed E-state index contributed by atoms with van der Waals surface area (Å²) in [4.78, 5) is 18.6. The average molecular weight is 282 g/mol. The van der Waals surface area contributed by atoms with Crippen molar-refractivity contribution in [3.05, 3.63) is 5.82 Å². The Morgan fingerprint density at radius 3 is 2.68 bits per heavy atom. The van der Waals surface area contributed by atoms with Crippen LogP contribution >= 0.6 is 11.8 Å². The van der Waals surface area contributed by atoms with Gasteiger partial charge in [-0.2, -0.15) is 0 Å². The molecular weight excluding hydrogens is 260 g/mol. The highest BCUT2D eigenvalue weighted by atomic mass is 32.2. The quantitative estimate of drug-likeness (QED) is 0.860. The van der Waals surface area contributed by atoms with Gasteiger partial charge in [0.15, 0.2) is 0 Å². The predicted octanol–water partition coefficient (Wildman–Crippen LogP) is 2.25. The Morgan fingerprint density at radius 1 is 1.42 bits per heavy atom. The van der Waals surface area contributed by atoms with Gasteiger partial charge in [-0.1, -0.05) is 18.7 Å². The Hall–Kier alpha value is -1.04. The zero-order valence-electron chi connectivity index (χ0n) is 11.8. The Morgan fingerprint density at radius 2 is 2.11 bits per heavy atom. The molecule has 5 nitrogen and oxygen atoms in total. The second kappa shape index (κ2) is 6.41. The van der Waals surface area contributed by atoms with Crippen LogP contribution in [0.5, 0.6) is 0 Å². The summed E-state index contributed by atoms with van der Waals surface area (Å²) in [7, 11) is 0. The van der Waals surface area contributed by atoms with Crippen molar-refractivity contribution in [1.29, 1.82) is 0 Å². The van der Waals surface area contributed by atoms with Crippen LogP contribution in [0.2, 0.25) is 0 Å². The van der Waals surface area contributed by atoms with Gasteiger partial charge in [0.1, 0.15) is 5.82 Å². The zero-order valence-corrected chi connectivity index (χ0v) is 12.7. The lowest BCUT2D eigenvalue weighted by molar-refractivity contribution is -0.134. The van der Waals surface area contributed by atoms with Crippen molar-refractivity contribution in [2.75, 3.05) is 5.75 Å². The van der Waals surface area contributed by atoms with Crippen LogP contribution in [0, 0.1) is 0 Å². The molecule has 1 aliphatic rings. The minimum atomic E-state index is 0.201. The topological polar surface area (TPSA) is 61.9 Å². The predicted molar refractivity (Wildman–Crippen MR) is 76.1 cm³/mol. The van der Waals surface area contributed by atoms with Crippen LogP contribution < -0.4 is 0 Å². The van der Waals surface area contributed by atoms with Gasteiger partial charge in [-0.3, -0.25) is 9.89 Å². The van der Waals surface area contributed by atoms with Crippen LogP contribution in [0.15, 0.2) is 5.16 Å². The fourth-order valence-corrected chi connectivity index (χ4v) is 3.30. The Bertz CT molecular complexity index is 424. The van der Waals surface area contributed by atoms with Crippen molar-refractivity contribution in [2.24, 2.45) is 0 Å². The van der Waals surface area contributed by atoms with Gasteiger partial charge >= 0.3 is 0 Å². The molecule has 0 bridgehead atoms. The van der Waals surface area contributed by atoms with Gasteiger partial charge in [-0.25, -0.2) is 4.98 Å². The van der Waals surface area contributed by atoms with Crippen LogP contribution in [-0.4, -0.2) is 43.8 Å². The Kier molecular flexibility index (Phi) is 4.85. The number of carbonyl (C=O) groups excluding carboxylic acids is 1. The third kappa shape index (κ3) is 3.49. The molecule has 1 aromatic rings. The Labute approximate surface area is 118 Å². The number of likely N-dealkylation sites (tertiary alicyclic amines) is 1. The molecule has 106 valence electrons. The van der Waals surface area contributed by atoms with E-state index in [1.165, 1.54) is 18.2 Å². The van der Waals surface area contributed by atoms with Crippen LogP contribution in [0.3, 0.4) is 0 Å². The van der Waals surface area contributed by atoms with Crippen LogP contribution in [0.4, 0.5) is 0 Å². The molecule has 2 heterocycles. The molecule has 19 heavy (non-hydrogen) atoms. The monoisotopic (exact) mass is 282 g/mol. The molecular formula is C13H22N4OS. The summed E-state index contributed by atoms with van der Waals surface area (Å²) in [6.45, 7) is 6.30. The number of piperidine rings is 1. The first-order valence-corrected chi connectivity index (χ1v) is 7.95. The summed E-state index contributed by atoms with van der Waals surface area (Å²) in [6.07, 6.45) is 4.28. The van der Waals surface area contributed by atoms with E-state index in [2.05, 4.69) is 29.0 Å². The number of aromatic nitrogens is 3. The minimum Gasteiger partial charge on any atom is -0.337 e. The molecule has 2 atom stereocenters. The van der Waals surface area contributed by atoms with Crippen molar-refractivity contribution in [1.82, 2.24) is 20.1 Å². The number of hydrogen-bond donors (Lipinski definition) is 1. The van der Waals surface area contributed by atoms with E-state index in [4.69, 9.17) is 0 Å². The number of aromatic amines is 1. The molecule has 0 radical (unpaired) electrons. The van der Waals surface area contributed by atoms with Gasteiger partial charge in [-0.05, 0) is 33.1 Å².